The third kappa shape index (κ3) is 1.46. The van der Waals surface area contributed by atoms with E-state index < -0.39 is 5.63 Å². The van der Waals surface area contributed by atoms with Crippen LogP contribution in [0.15, 0.2) is 26.0 Å². The quantitative estimate of drug-likeness (QED) is 0.495. The van der Waals surface area contributed by atoms with Gasteiger partial charge in [-0.15, -0.1) is 0 Å². The van der Waals surface area contributed by atoms with Crippen molar-refractivity contribution in [3.63, 3.8) is 0 Å². The molecule has 0 atom stereocenters. The average Bonchev–Trinajstić information content (AvgIpc) is 2.74. The van der Waals surface area contributed by atoms with Gasteiger partial charge in [-0.2, -0.15) is 0 Å². The van der Waals surface area contributed by atoms with Crippen LogP contribution in [0.4, 0.5) is 0 Å². The van der Waals surface area contributed by atoms with Gasteiger partial charge in [-0.3, -0.25) is 4.79 Å². The van der Waals surface area contributed by atoms with Crippen LogP contribution in [0.3, 0.4) is 0 Å². The van der Waals surface area contributed by atoms with Crippen molar-refractivity contribution in [2.24, 2.45) is 0 Å². The van der Waals surface area contributed by atoms with Crippen molar-refractivity contribution in [1.29, 1.82) is 0 Å². The predicted octanol–water partition coefficient (Wildman–Crippen LogP) is 3.28. The molecule has 0 aliphatic rings. The molecule has 0 N–H and O–H groups in total. The molecule has 0 bridgehead atoms. The van der Waals surface area contributed by atoms with Crippen LogP contribution in [0.2, 0.25) is 0 Å². The fourth-order valence-electron chi connectivity index (χ4n) is 2.61. The van der Waals surface area contributed by atoms with Crippen molar-refractivity contribution >= 4 is 28.2 Å². The molecule has 2 heterocycles. The van der Waals surface area contributed by atoms with Crippen LogP contribution in [0.1, 0.15) is 27.0 Å². The summed E-state index contributed by atoms with van der Waals surface area (Å²) < 4.78 is 10.7. The maximum atomic E-state index is 11.5. The standard InChI is InChI=1S/C15H12O4/c1-7-4-11(17)19-15-9(3)14-13(8(2)6-18-14)10(5-16)12(7)15/h4-6H,1-3H3. The van der Waals surface area contributed by atoms with Crippen LogP contribution in [-0.2, 0) is 0 Å². The second-order valence-electron chi connectivity index (χ2n) is 4.73. The highest BCUT2D eigenvalue weighted by molar-refractivity contribution is 6.13. The molecule has 0 aliphatic heterocycles. The van der Waals surface area contributed by atoms with Gasteiger partial charge >= 0.3 is 5.63 Å². The molecule has 96 valence electrons. The summed E-state index contributed by atoms with van der Waals surface area (Å²) in [6.45, 7) is 5.51. The zero-order valence-corrected chi connectivity index (χ0v) is 10.9. The molecule has 19 heavy (non-hydrogen) atoms. The number of aldehydes is 1. The molecule has 0 fully saturated rings. The van der Waals surface area contributed by atoms with Crippen molar-refractivity contribution in [3.05, 3.63) is 45.0 Å². The molecular formula is C15H12O4. The van der Waals surface area contributed by atoms with Gasteiger partial charge in [0.25, 0.3) is 0 Å². The lowest BCUT2D eigenvalue weighted by atomic mass is 9.97. The number of carbonyl (C=O) groups is 1. The Morgan fingerprint density at radius 1 is 1.05 bits per heavy atom. The van der Waals surface area contributed by atoms with Crippen LogP contribution in [0.25, 0.3) is 21.9 Å². The van der Waals surface area contributed by atoms with Crippen molar-refractivity contribution in [3.8, 4) is 0 Å². The molecule has 0 saturated carbocycles. The van der Waals surface area contributed by atoms with Crippen molar-refractivity contribution in [1.82, 2.24) is 0 Å². The minimum Gasteiger partial charge on any atom is -0.464 e. The number of carbonyl (C=O) groups excluding carboxylic acids is 1. The Morgan fingerprint density at radius 3 is 2.42 bits per heavy atom. The van der Waals surface area contributed by atoms with Crippen LogP contribution >= 0.6 is 0 Å². The Hall–Kier alpha value is -2.36. The molecule has 0 saturated heterocycles. The minimum atomic E-state index is -0.424. The summed E-state index contributed by atoms with van der Waals surface area (Å²) in [5, 5.41) is 1.47. The van der Waals surface area contributed by atoms with Gasteiger partial charge in [-0.25, -0.2) is 4.79 Å². The molecule has 0 aliphatic carbocycles. The summed E-state index contributed by atoms with van der Waals surface area (Å²) in [5.41, 5.74) is 3.49. The Labute approximate surface area is 108 Å². The zero-order chi connectivity index (χ0) is 13.7. The van der Waals surface area contributed by atoms with Crippen molar-refractivity contribution < 1.29 is 13.6 Å². The van der Waals surface area contributed by atoms with Crippen LogP contribution < -0.4 is 5.63 Å². The van der Waals surface area contributed by atoms with E-state index in [-0.39, 0.29) is 0 Å². The Balaban J connectivity index is 2.76. The summed E-state index contributed by atoms with van der Waals surface area (Å²) in [7, 11) is 0. The summed E-state index contributed by atoms with van der Waals surface area (Å²) in [6, 6.07) is 1.40. The van der Waals surface area contributed by atoms with E-state index in [2.05, 4.69) is 0 Å². The molecule has 0 radical (unpaired) electrons. The van der Waals surface area contributed by atoms with E-state index in [1.54, 1.807) is 13.2 Å². The molecule has 4 heteroatoms. The fourth-order valence-corrected chi connectivity index (χ4v) is 2.61. The van der Waals surface area contributed by atoms with Gasteiger partial charge in [-0.1, -0.05) is 0 Å². The number of hydrogen-bond donors (Lipinski definition) is 0. The first-order valence-electron chi connectivity index (χ1n) is 5.94. The van der Waals surface area contributed by atoms with Gasteiger partial charge in [0.05, 0.1) is 6.26 Å². The molecule has 3 rings (SSSR count). The van der Waals surface area contributed by atoms with E-state index in [4.69, 9.17) is 8.83 Å². The lowest BCUT2D eigenvalue weighted by Crippen LogP contribution is -2.01. The highest BCUT2D eigenvalue weighted by Gasteiger charge is 2.19. The largest absolute Gasteiger partial charge is 0.464 e. The van der Waals surface area contributed by atoms with Gasteiger partial charge in [-0.05, 0) is 31.9 Å². The van der Waals surface area contributed by atoms with Crippen molar-refractivity contribution in [2.75, 3.05) is 0 Å². The SMILES string of the molecule is Cc1c2occ(C)c2c(C=O)c2c(C)cc(=O)oc12. The Bertz CT molecular complexity index is 881. The first-order valence-corrected chi connectivity index (χ1v) is 5.94. The van der Waals surface area contributed by atoms with Crippen LogP contribution in [-0.4, -0.2) is 6.29 Å². The second kappa shape index (κ2) is 3.82. The van der Waals surface area contributed by atoms with Gasteiger partial charge in [0, 0.05) is 28.0 Å². The third-order valence-electron chi connectivity index (χ3n) is 3.47. The fraction of sp³-hybridized carbons (Fsp3) is 0.200. The lowest BCUT2D eigenvalue weighted by Gasteiger charge is -2.08. The van der Waals surface area contributed by atoms with Crippen LogP contribution in [0, 0.1) is 20.8 Å². The Kier molecular flexibility index (Phi) is 2.35. The summed E-state index contributed by atoms with van der Waals surface area (Å²) in [5.74, 6) is 0. The van der Waals surface area contributed by atoms with E-state index in [1.165, 1.54) is 6.07 Å². The molecule has 1 aromatic carbocycles. The highest BCUT2D eigenvalue weighted by atomic mass is 16.4. The predicted molar refractivity (Wildman–Crippen MR) is 71.9 cm³/mol. The molecular weight excluding hydrogens is 244 g/mol. The molecule has 0 spiro atoms. The first kappa shape index (κ1) is 11.7. The van der Waals surface area contributed by atoms with E-state index in [0.717, 1.165) is 28.4 Å². The molecule has 3 aromatic rings. The average molecular weight is 256 g/mol. The molecule has 4 nitrogen and oxygen atoms in total. The van der Waals surface area contributed by atoms with E-state index in [0.29, 0.717) is 22.1 Å². The van der Waals surface area contributed by atoms with Gasteiger partial charge in [0.15, 0.2) is 6.29 Å². The van der Waals surface area contributed by atoms with E-state index in [1.807, 2.05) is 13.8 Å². The number of benzene rings is 1. The van der Waals surface area contributed by atoms with E-state index in [9.17, 15) is 9.59 Å². The van der Waals surface area contributed by atoms with Gasteiger partial charge in [0.1, 0.15) is 11.2 Å². The number of rotatable bonds is 1. The third-order valence-corrected chi connectivity index (χ3v) is 3.47. The Morgan fingerprint density at radius 2 is 1.74 bits per heavy atom. The summed E-state index contributed by atoms with van der Waals surface area (Å²) in [6.07, 6.45) is 2.40. The first-order chi connectivity index (χ1) is 9.04. The smallest absolute Gasteiger partial charge is 0.336 e. The molecule has 2 aromatic heterocycles. The second-order valence-corrected chi connectivity index (χ2v) is 4.73. The minimum absolute atomic E-state index is 0.424. The van der Waals surface area contributed by atoms with Gasteiger partial charge in [0.2, 0.25) is 0 Å². The molecule has 0 amide bonds. The van der Waals surface area contributed by atoms with Crippen molar-refractivity contribution in [2.45, 2.75) is 20.8 Å². The van der Waals surface area contributed by atoms with E-state index >= 15 is 0 Å². The monoisotopic (exact) mass is 256 g/mol. The number of hydrogen-bond acceptors (Lipinski definition) is 4. The maximum Gasteiger partial charge on any atom is 0.336 e. The summed E-state index contributed by atoms with van der Waals surface area (Å²) >= 11 is 0. The summed E-state index contributed by atoms with van der Waals surface area (Å²) in [4.78, 5) is 23.0. The number of furan rings is 1. The normalized spacial score (nSPS) is 11.3. The molecule has 0 unspecified atom stereocenters. The topological polar surface area (TPSA) is 60.4 Å². The van der Waals surface area contributed by atoms with Crippen LogP contribution in [0.5, 0.6) is 0 Å². The maximum absolute atomic E-state index is 11.5. The zero-order valence-electron chi connectivity index (χ0n) is 10.9. The number of fused-ring (bicyclic) bond motifs is 2. The lowest BCUT2D eigenvalue weighted by molar-refractivity contribution is 0.112. The van der Waals surface area contributed by atoms with Gasteiger partial charge < -0.3 is 8.83 Å². The number of aryl methyl sites for hydroxylation is 3. The highest BCUT2D eigenvalue weighted by Crippen LogP contribution is 2.35.